The van der Waals surface area contributed by atoms with E-state index in [9.17, 15) is 0 Å². The van der Waals surface area contributed by atoms with Crippen LogP contribution in [0.5, 0.6) is 0 Å². The zero-order valence-electron chi connectivity index (χ0n) is 10.4. The second kappa shape index (κ2) is 4.85. The lowest BCUT2D eigenvalue weighted by Gasteiger charge is -2.07. The molecule has 0 atom stereocenters. The van der Waals surface area contributed by atoms with Crippen LogP contribution < -0.4 is 5.32 Å². The highest BCUT2D eigenvalue weighted by Gasteiger charge is 2.03. The van der Waals surface area contributed by atoms with Gasteiger partial charge in [-0.25, -0.2) is 0 Å². The van der Waals surface area contributed by atoms with Crippen LogP contribution in [-0.2, 0) is 0 Å². The monoisotopic (exact) mass is 252 g/mol. The lowest BCUT2D eigenvalue weighted by molar-refractivity contribution is 0.779. The summed E-state index contributed by atoms with van der Waals surface area (Å²) < 4.78 is 1.69. The van der Waals surface area contributed by atoms with E-state index in [1.807, 2.05) is 43.3 Å². The number of anilines is 2. The number of benzene rings is 1. The zero-order valence-corrected chi connectivity index (χ0v) is 10.4. The van der Waals surface area contributed by atoms with Gasteiger partial charge in [-0.2, -0.15) is 4.68 Å². The number of nitrogens with one attached hydrogen (secondary N) is 1. The highest BCUT2D eigenvalue weighted by atomic mass is 15.5. The third-order valence-corrected chi connectivity index (χ3v) is 2.69. The van der Waals surface area contributed by atoms with E-state index in [1.54, 1.807) is 17.1 Å². The molecule has 6 nitrogen and oxygen atoms in total. The van der Waals surface area contributed by atoms with Crippen molar-refractivity contribution in [3.63, 3.8) is 0 Å². The number of hydrogen-bond donors (Lipinski definition) is 1. The van der Waals surface area contributed by atoms with Gasteiger partial charge in [0.25, 0.3) is 0 Å². The number of rotatable bonds is 3. The molecular weight excluding hydrogens is 240 g/mol. The van der Waals surface area contributed by atoms with Gasteiger partial charge in [-0.1, -0.05) is 0 Å². The van der Waals surface area contributed by atoms with Crippen molar-refractivity contribution in [1.82, 2.24) is 25.2 Å². The molecule has 1 aromatic carbocycles. The van der Waals surface area contributed by atoms with Crippen LogP contribution in [0.1, 0.15) is 5.82 Å². The van der Waals surface area contributed by atoms with Gasteiger partial charge in [0, 0.05) is 11.9 Å². The highest BCUT2D eigenvalue weighted by Crippen LogP contribution is 2.17. The van der Waals surface area contributed by atoms with E-state index in [0.717, 1.165) is 22.9 Å². The topological polar surface area (TPSA) is 68.5 Å². The number of aryl methyl sites for hydroxylation is 1. The molecule has 2 heterocycles. The van der Waals surface area contributed by atoms with Crippen LogP contribution in [0, 0.1) is 6.92 Å². The number of tetrazole rings is 1. The molecule has 0 amide bonds. The fraction of sp³-hybridized carbons (Fsp3) is 0.0769. The van der Waals surface area contributed by atoms with E-state index in [2.05, 4.69) is 25.8 Å². The minimum Gasteiger partial charge on any atom is -0.354 e. The molecule has 0 unspecified atom stereocenters. The summed E-state index contributed by atoms with van der Waals surface area (Å²) in [6.07, 6.45) is 3.52. The molecule has 0 aliphatic rings. The normalized spacial score (nSPS) is 10.4. The van der Waals surface area contributed by atoms with E-state index >= 15 is 0 Å². The lowest BCUT2D eigenvalue weighted by atomic mass is 10.2. The molecule has 0 bridgehead atoms. The summed E-state index contributed by atoms with van der Waals surface area (Å²) in [5.41, 5.74) is 2.87. The van der Waals surface area contributed by atoms with E-state index in [4.69, 9.17) is 0 Å². The average molecular weight is 252 g/mol. The van der Waals surface area contributed by atoms with Gasteiger partial charge in [0.1, 0.15) is 0 Å². The molecule has 19 heavy (non-hydrogen) atoms. The molecule has 6 heteroatoms. The largest absolute Gasteiger partial charge is 0.354 e. The van der Waals surface area contributed by atoms with Gasteiger partial charge >= 0.3 is 0 Å². The van der Waals surface area contributed by atoms with Crippen molar-refractivity contribution in [1.29, 1.82) is 0 Å². The molecule has 0 saturated heterocycles. The van der Waals surface area contributed by atoms with Crippen molar-refractivity contribution >= 4 is 11.4 Å². The lowest BCUT2D eigenvalue weighted by Crippen LogP contribution is -1.99. The molecular formula is C13H12N6. The molecule has 3 rings (SSSR count). The number of aromatic nitrogens is 5. The van der Waals surface area contributed by atoms with Gasteiger partial charge in [0.15, 0.2) is 5.82 Å². The summed E-state index contributed by atoms with van der Waals surface area (Å²) in [5.74, 6) is 0.757. The van der Waals surface area contributed by atoms with Gasteiger partial charge in [-0.3, -0.25) is 4.98 Å². The van der Waals surface area contributed by atoms with Gasteiger partial charge in [0.2, 0.25) is 0 Å². The SMILES string of the molecule is Cc1nnnn1-c1ccc(Nc2cccnc2)cc1. The molecule has 0 aliphatic heterocycles. The molecule has 1 N–H and O–H groups in total. The first-order valence-corrected chi connectivity index (χ1v) is 5.85. The Bertz CT molecular complexity index is 659. The van der Waals surface area contributed by atoms with Crippen molar-refractivity contribution in [3.05, 3.63) is 54.6 Å². The minimum absolute atomic E-state index is 0.757. The standard InChI is InChI=1S/C13H12N6/c1-10-16-17-18-19(10)13-6-4-11(5-7-13)15-12-3-2-8-14-9-12/h2-9,15H,1H3. The molecule has 0 spiro atoms. The van der Waals surface area contributed by atoms with Crippen molar-refractivity contribution in [2.24, 2.45) is 0 Å². The molecule has 2 aromatic heterocycles. The Morgan fingerprint density at radius 2 is 1.89 bits per heavy atom. The van der Waals surface area contributed by atoms with Crippen molar-refractivity contribution in [3.8, 4) is 5.69 Å². The Labute approximate surface area is 110 Å². The average Bonchev–Trinajstić information content (AvgIpc) is 2.87. The van der Waals surface area contributed by atoms with Crippen molar-refractivity contribution < 1.29 is 0 Å². The van der Waals surface area contributed by atoms with E-state index in [-0.39, 0.29) is 0 Å². The van der Waals surface area contributed by atoms with Gasteiger partial charge in [0.05, 0.1) is 17.6 Å². The quantitative estimate of drug-likeness (QED) is 0.773. The molecule has 0 fully saturated rings. The molecule has 0 radical (unpaired) electrons. The van der Waals surface area contributed by atoms with E-state index in [0.29, 0.717) is 0 Å². The number of pyridine rings is 1. The van der Waals surface area contributed by atoms with E-state index < -0.39 is 0 Å². The number of hydrogen-bond acceptors (Lipinski definition) is 5. The fourth-order valence-corrected chi connectivity index (χ4v) is 1.76. The first-order chi connectivity index (χ1) is 9.33. The summed E-state index contributed by atoms with van der Waals surface area (Å²) in [6, 6.07) is 11.7. The van der Waals surface area contributed by atoms with Crippen LogP contribution >= 0.6 is 0 Å². The van der Waals surface area contributed by atoms with Gasteiger partial charge in [-0.05, 0) is 53.7 Å². The van der Waals surface area contributed by atoms with Crippen LogP contribution in [0.3, 0.4) is 0 Å². The van der Waals surface area contributed by atoms with Crippen LogP contribution in [0.2, 0.25) is 0 Å². The smallest absolute Gasteiger partial charge is 0.153 e. The summed E-state index contributed by atoms with van der Waals surface area (Å²) in [5, 5.41) is 14.7. The first kappa shape index (κ1) is 11.3. The minimum atomic E-state index is 0.757. The fourth-order valence-electron chi connectivity index (χ4n) is 1.76. The Kier molecular flexibility index (Phi) is 2.89. The molecule has 94 valence electrons. The number of nitrogens with zero attached hydrogens (tertiary/aromatic N) is 5. The maximum absolute atomic E-state index is 4.06. The Balaban J connectivity index is 1.82. The second-order valence-electron chi connectivity index (χ2n) is 4.05. The van der Waals surface area contributed by atoms with Crippen molar-refractivity contribution in [2.75, 3.05) is 5.32 Å². The Hall–Kier alpha value is -2.76. The Morgan fingerprint density at radius 1 is 1.05 bits per heavy atom. The molecule has 0 aliphatic carbocycles. The third-order valence-electron chi connectivity index (χ3n) is 2.69. The van der Waals surface area contributed by atoms with E-state index in [1.165, 1.54) is 0 Å². The van der Waals surface area contributed by atoms with Crippen LogP contribution in [0.15, 0.2) is 48.8 Å². The predicted octanol–water partition coefficient (Wildman–Crippen LogP) is 2.11. The summed E-state index contributed by atoms with van der Waals surface area (Å²) in [4.78, 5) is 4.06. The Morgan fingerprint density at radius 3 is 2.53 bits per heavy atom. The zero-order chi connectivity index (χ0) is 13.1. The maximum Gasteiger partial charge on any atom is 0.153 e. The highest BCUT2D eigenvalue weighted by molar-refractivity contribution is 5.59. The summed E-state index contributed by atoms with van der Waals surface area (Å²) in [7, 11) is 0. The summed E-state index contributed by atoms with van der Waals surface area (Å²) in [6.45, 7) is 1.86. The van der Waals surface area contributed by atoms with Gasteiger partial charge < -0.3 is 5.32 Å². The molecule has 0 saturated carbocycles. The second-order valence-corrected chi connectivity index (χ2v) is 4.05. The van der Waals surface area contributed by atoms with Crippen LogP contribution in [0.4, 0.5) is 11.4 Å². The molecule has 3 aromatic rings. The summed E-state index contributed by atoms with van der Waals surface area (Å²) >= 11 is 0. The maximum atomic E-state index is 4.06. The predicted molar refractivity (Wildman–Crippen MR) is 71.4 cm³/mol. The first-order valence-electron chi connectivity index (χ1n) is 5.85. The van der Waals surface area contributed by atoms with Crippen LogP contribution in [0.25, 0.3) is 5.69 Å². The van der Waals surface area contributed by atoms with Gasteiger partial charge in [-0.15, -0.1) is 5.10 Å². The van der Waals surface area contributed by atoms with Crippen molar-refractivity contribution in [2.45, 2.75) is 6.92 Å². The van der Waals surface area contributed by atoms with Crippen LogP contribution in [-0.4, -0.2) is 25.2 Å². The third kappa shape index (κ3) is 2.42.